The summed E-state index contributed by atoms with van der Waals surface area (Å²) in [5.41, 5.74) is 12.3. The zero-order valence-electron chi connectivity index (χ0n) is 23.1. The lowest BCUT2D eigenvalue weighted by atomic mass is 9.91. The Bertz CT molecular complexity index is 1030. The van der Waals surface area contributed by atoms with Crippen molar-refractivity contribution < 1.29 is 13.2 Å². The van der Waals surface area contributed by atoms with Crippen LogP contribution in [0.15, 0.2) is 23.2 Å². The Labute approximate surface area is 220 Å². The molecule has 3 N–H and O–H groups in total. The molecule has 0 saturated heterocycles. The lowest BCUT2D eigenvalue weighted by molar-refractivity contribution is -0.0337. The lowest BCUT2D eigenvalue weighted by Crippen LogP contribution is -2.25. The van der Waals surface area contributed by atoms with Crippen molar-refractivity contribution in [2.45, 2.75) is 90.5 Å². The number of rotatable bonds is 10. The predicted molar refractivity (Wildman–Crippen MR) is 149 cm³/mol. The highest BCUT2D eigenvalue weighted by molar-refractivity contribution is 5.92. The Morgan fingerprint density at radius 1 is 1.22 bits per heavy atom. The molecular weight excluding hydrogens is 475 g/mol. The van der Waals surface area contributed by atoms with E-state index in [-0.39, 0.29) is 24.7 Å². The van der Waals surface area contributed by atoms with Crippen LogP contribution >= 0.6 is 0 Å². The monoisotopic (exact) mass is 519 g/mol. The van der Waals surface area contributed by atoms with Crippen LogP contribution in [0.3, 0.4) is 0 Å². The highest BCUT2D eigenvalue weighted by atomic mass is 19.3. The van der Waals surface area contributed by atoms with Crippen LogP contribution in [0.25, 0.3) is 11.1 Å². The lowest BCUT2D eigenvalue weighted by Gasteiger charge is -2.20. The van der Waals surface area contributed by atoms with Crippen molar-refractivity contribution in [3.05, 3.63) is 46.5 Å². The van der Waals surface area contributed by atoms with Crippen LogP contribution in [0.1, 0.15) is 87.7 Å². The van der Waals surface area contributed by atoms with E-state index in [1.807, 2.05) is 45.6 Å². The first kappa shape index (κ1) is 30.8. The minimum absolute atomic E-state index is 0.0887. The number of nitrogens with zero attached hydrogens (tertiary/aromatic N) is 3. The second-order valence-electron chi connectivity index (χ2n) is 9.99. The molecule has 206 valence electrons. The molecule has 0 radical (unpaired) electrons. The number of aromatic nitrogens is 2. The first-order chi connectivity index (χ1) is 17.5. The Kier molecular flexibility index (Phi) is 12.0. The van der Waals surface area contributed by atoms with Gasteiger partial charge in [-0.25, -0.2) is 13.2 Å². The number of alkyl halides is 2. The van der Waals surface area contributed by atoms with E-state index in [1.165, 1.54) is 0 Å². The molecule has 37 heavy (non-hydrogen) atoms. The number of nitrogens with two attached hydrogens (primary N) is 1. The van der Waals surface area contributed by atoms with E-state index in [1.54, 1.807) is 6.07 Å². The summed E-state index contributed by atoms with van der Waals surface area (Å²) < 4.78 is 40.9. The molecule has 8 heteroatoms. The summed E-state index contributed by atoms with van der Waals surface area (Å²) in [7, 11) is 3.86. The standard InChI is InChI=1S/C23H34FN5.C6H10F2/c1-7-17-13-20(23(27-5)21(24)14-17)16(3)19(9-8-18(25)10-11-26-4)22-12-15(2)29(6)28-22;7-6(8)4-2-1-3-5-6/h12-14,18,26H,5,7-11,25H2,1-4,6H3;1-5H2/b19-16+;. The van der Waals surface area contributed by atoms with Crippen molar-refractivity contribution in [2.24, 2.45) is 17.8 Å². The normalized spacial score (nSPS) is 16.5. The van der Waals surface area contributed by atoms with Gasteiger partial charge >= 0.3 is 0 Å². The van der Waals surface area contributed by atoms with Crippen LogP contribution in [-0.2, 0) is 13.5 Å². The summed E-state index contributed by atoms with van der Waals surface area (Å²) in [5.74, 6) is -2.66. The molecule has 1 unspecified atom stereocenters. The van der Waals surface area contributed by atoms with Crippen molar-refractivity contribution in [3.63, 3.8) is 0 Å². The van der Waals surface area contributed by atoms with Gasteiger partial charge in [-0.3, -0.25) is 9.67 Å². The molecule has 1 saturated carbocycles. The van der Waals surface area contributed by atoms with Crippen LogP contribution in [0.4, 0.5) is 18.9 Å². The largest absolute Gasteiger partial charge is 0.328 e. The molecular formula is C29H44F3N5. The molecule has 0 amide bonds. The van der Waals surface area contributed by atoms with Crippen molar-refractivity contribution in [2.75, 3.05) is 13.6 Å². The van der Waals surface area contributed by atoms with Gasteiger partial charge < -0.3 is 11.1 Å². The van der Waals surface area contributed by atoms with Crippen molar-refractivity contribution in [1.29, 1.82) is 0 Å². The SMILES string of the molecule is C=Nc1c(F)cc(CC)cc1/C(C)=C(\CCC(N)CCNC)c1cc(C)n(C)n1.FC1(F)CCCCC1. The van der Waals surface area contributed by atoms with E-state index < -0.39 is 5.92 Å². The third kappa shape index (κ3) is 9.11. The maximum atomic E-state index is 14.6. The van der Waals surface area contributed by atoms with E-state index in [0.29, 0.717) is 18.5 Å². The Balaban J connectivity index is 0.000000510. The summed E-state index contributed by atoms with van der Waals surface area (Å²) in [4.78, 5) is 3.98. The van der Waals surface area contributed by atoms with Gasteiger partial charge in [0.2, 0.25) is 5.92 Å². The minimum atomic E-state index is -2.32. The smallest absolute Gasteiger partial charge is 0.248 e. The zero-order valence-corrected chi connectivity index (χ0v) is 23.1. The summed E-state index contributed by atoms with van der Waals surface area (Å²) in [6.45, 7) is 10.5. The second-order valence-corrected chi connectivity index (χ2v) is 9.99. The van der Waals surface area contributed by atoms with E-state index in [2.05, 4.69) is 28.2 Å². The fraction of sp³-hybridized carbons (Fsp3) is 0.586. The Morgan fingerprint density at radius 2 is 1.89 bits per heavy atom. The number of hydrogen-bond acceptors (Lipinski definition) is 4. The number of benzene rings is 1. The molecule has 1 aromatic carbocycles. The van der Waals surface area contributed by atoms with Gasteiger partial charge in [-0.1, -0.05) is 13.3 Å². The average molecular weight is 520 g/mol. The van der Waals surface area contributed by atoms with Gasteiger partial charge in [-0.2, -0.15) is 5.10 Å². The summed E-state index contributed by atoms with van der Waals surface area (Å²) in [6, 6.07) is 5.71. The molecule has 2 aromatic rings. The molecule has 1 aromatic heterocycles. The summed E-state index contributed by atoms with van der Waals surface area (Å²) in [5, 5.41) is 7.83. The quantitative estimate of drug-likeness (QED) is 0.332. The van der Waals surface area contributed by atoms with Gasteiger partial charge in [0.1, 0.15) is 11.5 Å². The Morgan fingerprint density at radius 3 is 2.38 bits per heavy atom. The van der Waals surface area contributed by atoms with Crippen LogP contribution < -0.4 is 11.1 Å². The number of halogens is 3. The third-order valence-corrected chi connectivity index (χ3v) is 7.08. The highest BCUT2D eigenvalue weighted by Crippen LogP contribution is 2.37. The van der Waals surface area contributed by atoms with Crippen molar-refractivity contribution in [3.8, 4) is 0 Å². The number of aryl methyl sites for hydroxylation is 3. The van der Waals surface area contributed by atoms with Gasteiger partial charge in [0.25, 0.3) is 0 Å². The van der Waals surface area contributed by atoms with Crippen molar-refractivity contribution >= 4 is 23.6 Å². The van der Waals surface area contributed by atoms with Crippen LogP contribution in [0.2, 0.25) is 0 Å². The first-order valence-electron chi connectivity index (χ1n) is 13.3. The minimum Gasteiger partial charge on any atom is -0.328 e. The number of allylic oxidation sites excluding steroid dienone is 2. The topological polar surface area (TPSA) is 68.2 Å². The predicted octanol–water partition coefficient (Wildman–Crippen LogP) is 7.00. The molecule has 1 aliphatic carbocycles. The zero-order chi connectivity index (χ0) is 27.6. The van der Waals surface area contributed by atoms with Gasteiger partial charge in [0.15, 0.2) is 0 Å². The van der Waals surface area contributed by atoms with Gasteiger partial charge in [-0.05, 0) is 108 Å². The molecule has 0 aliphatic heterocycles. The van der Waals surface area contributed by atoms with E-state index in [0.717, 1.165) is 72.3 Å². The summed E-state index contributed by atoms with van der Waals surface area (Å²) in [6.07, 6.45) is 5.92. The van der Waals surface area contributed by atoms with Crippen LogP contribution in [-0.4, -0.2) is 42.1 Å². The van der Waals surface area contributed by atoms with Gasteiger partial charge in [-0.15, -0.1) is 0 Å². The number of hydrogen-bond donors (Lipinski definition) is 2. The summed E-state index contributed by atoms with van der Waals surface area (Å²) >= 11 is 0. The third-order valence-electron chi connectivity index (χ3n) is 7.08. The van der Waals surface area contributed by atoms with Crippen LogP contribution in [0.5, 0.6) is 0 Å². The number of nitrogens with one attached hydrogen (secondary N) is 1. The molecule has 0 bridgehead atoms. The molecule has 5 nitrogen and oxygen atoms in total. The second kappa shape index (κ2) is 14.5. The average Bonchev–Trinajstić information content (AvgIpc) is 3.19. The molecule has 1 atom stereocenters. The number of aliphatic imine (C=N–C) groups is 1. The fourth-order valence-electron chi connectivity index (χ4n) is 4.56. The molecule has 1 fully saturated rings. The van der Waals surface area contributed by atoms with E-state index >= 15 is 0 Å². The van der Waals surface area contributed by atoms with Gasteiger partial charge in [0, 0.05) is 37.2 Å². The maximum Gasteiger partial charge on any atom is 0.248 e. The molecule has 3 rings (SSSR count). The highest BCUT2D eigenvalue weighted by Gasteiger charge is 2.30. The van der Waals surface area contributed by atoms with E-state index in [9.17, 15) is 13.2 Å². The van der Waals surface area contributed by atoms with E-state index in [4.69, 9.17) is 5.73 Å². The molecule has 1 aliphatic rings. The van der Waals surface area contributed by atoms with Crippen LogP contribution in [0, 0.1) is 12.7 Å². The fourth-order valence-corrected chi connectivity index (χ4v) is 4.56. The molecule has 0 spiro atoms. The molecule has 1 heterocycles. The van der Waals surface area contributed by atoms with Gasteiger partial charge in [0.05, 0.1) is 5.69 Å². The Hall–Kier alpha value is -2.45. The first-order valence-corrected chi connectivity index (χ1v) is 13.3. The van der Waals surface area contributed by atoms with Crippen molar-refractivity contribution in [1.82, 2.24) is 15.1 Å². The maximum absolute atomic E-state index is 14.6.